The molecular weight excluding hydrogens is 346 g/mol. The average Bonchev–Trinajstić information content (AvgIpc) is 3.15. The van der Waals surface area contributed by atoms with Gasteiger partial charge in [-0.25, -0.2) is 4.98 Å². The van der Waals surface area contributed by atoms with Gasteiger partial charge in [0.25, 0.3) is 0 Å². The van der Waals surface area contributed by atoms with Crippen molar-refractivity contribution in [3.05, 3.63) is 63.3 Å². The van der Waals surface area contributed by atoms with Crippen LogP contribution in [0.3, 0.4) is 0 Å². The predicted octanol–water partition coefficient (Wildman–Crippen LogP) is 4.29. The summed E-state index contributed by atoms with van der Waals surface area (Å²) in [6.07, 6.45) is 2.91. The smallest absolute Gasteiger partial charge is 0.124 e. The third kappa shape index (κ3) is 2.57. The molecule has 1 aliphatic heterocycles. The Morgan fingerprint density at radius 2 is 2.00 bits per heavy atom. The topological polar surface area (TPSA) is 40.7 Å². The summed E-state index contributed by atoms with van der Waals surface area (Å²) in [6.45, 7) is 0.904. The Bertz CT molecular complexity index is 777. The van der Waals surface area contributed by atoms with E-state index in [0.717, 1.165) is 28.3 Å². The maximum atomic E-state index is 4.57. The Kier molecular flexibility index (Phi) is 3.41. The van der Waals surface area contributed by atoms with Crippen molar-refractivity contribution in [1.82, 2.24) is 15.3 Å². The summed E-state index contributed by atoms with van der Waals surface area (Å²) in [6, 6.07) is 13.0. The Labute approximate surface area is 135 Å². The first kappa shape index (κ1) is 13.2. The van der Waals surface area contributed by atoms with Crippen LogP contribution < -0.4 is 5.32 Å². The van der Waals surface area contributed by atoms with Gasteiger partial charge in [-0.15, -0.1) is 11.3 Å². The highest BCUT2D eigenvalue weighted by molar-refractivity contribution is 9.11. The maximum Gasteiger partial charge on any atom is 0.124 e. The lowest BCUT2D eigenvalue weighted by Gasteiger charge is -2.24. The number of nitrogens with zero attached hydrogens (tertiary/aromatic N) is 1. The molecule has 2 N–H and O–H groups in total. The fourth-order valence-electron chi connectivity index (χ4n) is 2.75. The second kappa shape index (κ2) is 5.40. The van der Waals surface area contributed by atoms with E-state index in [-0.39, 0.29) is 6.04 Å². The first-order valence-corrected chi connectivity index (χ1v) is 8.51. The molecule has 1 aliphatic rings. The van der Waals surface area contributed by atoms with Gasteiger partial charge in [0.1, 0.15) is 5.82 Å². The van der Waals surface area contributed by atoms with Crippen LogP contribution in [0.2, 0.25) is 0 Å². The number of fused-ring (bicyclic) bond motifs is 1. The Balaban J connectivity index is 1.60. The van der Waals surface area contributed by atoms with E-state index in [1.54, 1.807) is 11.3 Å². The molecule has 3 heterocycles. The van der Waals surface area contributed by atoms with Gasteiger partial charge in [-0.1, -0.05) is 24.3 Å². The van der Waals surface area contributed by atoms with Gasteiger partial charge in [0, 0.05) is 6.54 Å². The van der Waals surface area contributed by atoms with Gasteiger partial charge in [0.05, 0.1) is 26.6 Å². The molecule has 3 nitrogen and oxygen atoms in total. The Morgan fingerprint density at radius 1 is 1.14 bits per heavy atom. The minimum atomic E-state index is 0.261. The molecule has 0 fully saturated rings. The molecule has 5 heteroatoms. The number of hydrogen-bond donors (Lipinski definition) is 2. The standard InChI is InChI=1S/C16H14BrN3S/c17-15-6-5-14(21-15)13-9-19-16(20-13)12-7-10-3-1-2-4-11(10)8-18-12/h1-6,9,12,18H,7-8H2,(H,19,20). The van der Waals surface area contributed by atoms with Crippen LogP contribution in [0.5, 0.6) is 0 Å². The normalized spacial score (nSPS) is 17.7. The van der Waals surface area contributed by atoms with Crippen LogP contribution in [0, 0.1) is 0 Å². The van der Waals surface area contributed by atoms with E-state index in [1.165, 1.54) is 16.0 Å². The van der Waals surface area contributed by atoms with Crippen LogP contribution >= 0.6 is 27.3 Å². The molecule has 1 aromatic carbocycles. The largest absolute Gasteiger partial charge is 0.340 e. The van der Waals surface area contributed by atoms with Crippen LogP contribution in [0.25, 0.3) is 10.6 Å². The average molecular weight is 360 g/mol. The van der Waals surface area contributed by atoms with Crippen molar-refractivity contribution in [2.24, 2.45) is 0 Å². The second-order valence-electron chi connectivity index (χ2n) is 5.19. The predicted molar refractivity (Wildman–Crippen MR) is 89.3 cm³/mol. The fourth-order valence-corrected chi connectivity index (χ4v) is 4.10. The molecule has 0 aliphatic carbocycles. The fraction of sp³-hybridized carbons (Fsp3) is 0.188. The van der Waals surface area contributed by atoms with Crippen LogP contribution in [0.4, 0.5) is 0 Å². The van der Waals surface area contributed by atoms with E-state index in [0.29, 0.717) is 0 Å². The third-order valence-electron chi connectivity index (χ3n) is 3.85. The number of hydrogen-bond acceptors (Lipinski definition) is 3. The van der Waals surface area contributed by atoms with Crippen LogP contribution in [-0.4, -0.2) is 9.97 Å². The number of halogens is 1. The molecule has 21 heavy (non-hydrogen) atoms. The molecule has 1 unspecified atom stereocenters. The summed E-state index contributed by atoms with van der Waals surface area (Å²) in [5.74, 6) is 1.02. The maximum absolute atomic E-state index is 4.57. The van der Waals surface area contributed by atoms with Gasteiger partial charge in [-0.3, -0.25) is 0 Å². The van der Waals surface area contributed by atoms with Crippen LogP contribution in [0.1, 0.15) is 23.0 Å². The molecule has 3 aromatic rings. The van der Waals surface area contributed by atoms with E-state index in [4.69, 9.17) is 0 Å². The van der Waals surface area contributed by atoms with Crippen molar-refractivity contribution in [2.45, 2.75) is 19.0 Å². The molecule has 4 rings (SSSR count). The summed E-state index contributed by atoms with van der Waals surface area (Å²) in [4.78, 5) is 9.24. The highest BCUT2D eigenvalue weighted by Crippen LogP contribution is 2.31. The number of thiophene rings is 1. The SMILES string of the molecule is Brc1ccc(-c2cnc(C3Cc4ccccc4CN3)[nH]2)s1. The van der Waals surface area contributed by atoms with E-state index in [1.807, 2.05) is 6.20 Å². The minimum Gasteiger partial charge on any atom is -0.340 e. The number of aromatic amines is 1. The molecule has 0 amide bonds. The first-order chi connectivity index (χ1) is 10.3. The van der Waals surface area contributed by atoms with E-state index >= 15 is 0 Å². The monoisotopic (exact) mass is 359 g/mol. The zero-order chi connectivity index (χ0) is 14.2. The van der Waals surface area contributed by atoms with Crippen molar-refractivity contribution >= 4 is 27.3 Å². The van der Waals surface area contributed by atoms with Crippen molar-refractivity contribution in [2.75, 3.05) is 0 Å². The second-order valence-corrected chi connectivity index (χ2v) is 7.66. The summed E-state index contributed by atoms with van der Waals surface area (Å²) >= 11 is 5.22. The van der Waals surface area contributed by atoms with Gasteiger partial charge in [-0.2, -0.15) is 0 Å². The zero-order valence-corrected chi connectivity index (χ0v) is 13.7. The van der Waals surface area contributed by atoms with Gasteiger partial charge in [0.2, 0.25) is 0 Å². The van der Waals surface area contributed by atoms with E-state index in [9.17, 15) is 0 Å². The number of H-pyrrole nitrogens is 1. The quantitative estimate of drug-likeness (QED) is 0.716. The molecule has 0 saturated heterocycles. The van der Waals surface area contributed by atoms with Crippen LogP contribution in [-0.2, 0) is 13.0 Å². The van der Waals surface area contributed by atoms with Gasteiger partial charge in [-0.05, 0) is 45.6 Å². The van der Waals surface area contributed by atoms with Crippen LogP contribution in [0.15, 0.2) is 46.4 Å². The Morgan fingerprint density at radius 3 is 2.81 bits per heavy atom. The number of nitrogens with one attached hydrogen (secondary N) is 2. The molecule has 0 spiro atoms. The molecule has 0 radical (unpaired) electrons. The molecule has 106 valence electrons. The third-order valence-corrected chi connectivity index (χ3v) is 5.50. The van der Waals surface area contributed by atoms with Crippen molar-refractivity contribution in [1.29, 1.82) is 0 Å². The summed E-state index contributed by atoms with van der Waals surface area (Å²) in [5.41, 5.74) is 3.89. The summed E-state index contributed by atoms with van der Waals surface area (Å²) in [7, 11) is 0. The van der Waals surface area contributed by atoms with E-state index < -0.39 is 0 Å². The summed E-state index contributed by atoms with van der Waals surface area (Å²) < 4.78 is 1.14. The lowest BCUT2D eigenvalue weighted by molar-refractivity contribution is 0.480. The molecule has 2 aromatic heterocycles. The number of benzene rings is 1. The lowest BCUT2D eigenvalue weighted by Crippen LogP contribution is -2.29. The Hall–Kier alpha value is -1.43. The number of imidazole rings is 1. The zero-order valence-electron chi connectivity index (χ0n) is 11.3. The number of aromatic nitrogens is 2. The lowest BCUT2D eigenvalue weighted by atomic mass is 9.96. The van der Waals surface area contributed by atoms with Crippen molar-refractivity contribution in [3.8, 4) is 10.6 Å². The molecule has 0 bridgehead atoms. The molecular formula is C16H14BrN3S. The van der Waals surface area contributed by atoms with E-state index in [2.05, 4.69) is 67.6 Å². The van der Waals surface area contributed by atoms with Gasteiger partial charge in [0.15, 0.2) is 0 Å². The minimum absolute atomic E-state index is 0.261. The first-order valence-electron chi connectivity index (χ1n) is 6.90. The van der Waals surface area contributed by atoms with Crippen molar-refractivity contribution in [3.63, 3.8) is 0 Å². The molecule has 1 atom stereocenters. The summed E-state index contributed by atoms with van der Waals surface area (Å²) in [5, 5.41) is 3.56. The highest BCUT2D eigenvalue weighted by atomic mass is 79.9. The van der Waals surface area contributed by atoms with Crippen molar-refractivity contribution < 1.29 is 0 Å². The van der Waals surface area contributed by atoms with Gasteiger partial charge >= 0.3 is 0 Å². The highest BCUT2D eigenvalue weighted by Gasteiger charge is 2.21. The number of rotatable bonds is 2. The molecule has 0 saturated carbocycles. The van der Waals surface area contributed by atoms with Gasteiger partial charge < -0.3 is 10.3 Å².